The molecule has 0 aromatic carbocycles. The molecule has 3 heteroatoms. The molecule has 0 fully saturated rings. The highest BCUT2D eigenvalue weighted by atomic mass is 79.9. The number of carbonyl (C=O) groups excluding carboxylic acids is 1. The normalized spacial score (nSPS) is 11.3. The second kappa shape index (κ2) is 21.7. The first-order valence-corrected chi connectivity index (χ1v) is 11.9. The fourth-order valence-electron chi connectivity index (χ4n) is 2.92. The van der Waals surface area contributed by atoms with E-state index >= 15 is 0 Å². The molecule has 0 aromatic heterocycles. The van der Waals surface area contributed by atoms with E-state index in [0.717, 1.165) is 24.7 Å². The number of allylic oxidation sites excluding steroid dienone is 2. The van der Waals surface area contributed by atoms with Gasteiger partial charge in [-0.1, -0.05) is 92.8 Å². The number of hydrogen-bond acceptors (Lipinski definition) is 1. The molecule has 25 heavy (non-hydrogen) atoms. The van der Waals surface area contributed by atoms with Crippen molar-refractivity contribution in [2.75, 3.05) is 11.9 Å². The third-order valence-electron chi connectivity index (χ3n) is 4.55. The molecule has 2 nitrogen and oxygen atoms in total. The Morgan fingerprint density at radius 3 is 1.84 bits per heavy atom. The van der Waals surface area contributed by atoms with E-state index < -0.39 is 0 Å². The topological polar surface area (TPSA) is 29.1 Å². The zero-order chi connectivity index (χ0) is 18.4. The maximum absolute atomic E-state index is 11.4. The molecule has 0 aliphatic rings. The molecular formula is C22H42BrNO. The fraction of sp³-hybridized carbons (Fsp3) is 0.864. The van der Waals surface area contributed by atoms with Crippen molar-refractivity contribution in [2.24, 2.45) is 0 Å². The average Bonchev–Trinajstić information content (AvgIpc) is 2.62. The minimum atomic E-state index is 0.201. The van der Waals surface area contributed by atoms with Gasteiger partial charge in [0.1, 0.15) is 0 Å². The van der Waals surface area contributed by atoms with Crippen molar-refractivity contribution in [1.82, 2.24) is 5.32 Å². The summed E-state index contributed by atoms with van der Waals surface area (Å²) in [5.41, 5.74) is 0. The largest absolute Gasteiger partial charge is 0.356 e. The van der Waals surface area contributed by atoms with Crippen LogP contribution in [-0.2, 0) is 4.79 Å². The average molecular weight is 416 g/mol. The maximum atomic E-state index is 11.4. The van der Waals surface area contributed by atoms with Gasteiger partial charge in [0.2, 0.25) is 5.91 Å². The smallest absolute Gasteiger partial charge is 0.220 e. The summed E-state index contributed by atoms with van der Waals surface area (Å²) < 4.78 is 0. The van der Waals surface area contributed by atoms with Crippen LogP contribution < -0.4 is 5.32 Å². The van der Waals surface area contributed by atoms with Crippen LogP contribution in [0.4, 0.5) is 0 Å². The Labute approximate surface area is 165 Å². The summed E-state index contributed by atoms with van der Waals surface area (Å²) in [4.78, 5) is 11.4. The number of carbonyl (C=O) groups is 1. The van der Waals surface area contributed by atoms with Crippen molar-refractivity contribution in [1.29, 1.82) is 0 Å². The van der Waals surface area contributed by atoms with Gasteiger partial charge in [-0.3, -0.25) is 4.79 Å². The lowest BCUT2D eigenvalue weighted by atomic mass is 10.1. The van der Waals surface area contributed by atoms with E-state index in [1.165, 1.54) is 83.5 Å². The lowest BCUT2D eigenvalue weighted by Gasteiger charge is -2.04. The molecule has 0 spiro atoms. The Morgan fingerprint density at radius 1 is 0.760 bits per heavy atom. The highest BCUT2D eigenvalue weighted by Crippen LogP contribution is 2.09. The molecular weight excluding hydrogens is 374 g/mol. The fourth-order valence-corrected chi connectivity index (χ4v) is 3.20. The quantitative estimate of drug-likeness (QED) is 0.133. The van der Waals surface area contributed by atoms with Crippen LogP contribution in [0.5, 0.6) is 0 Å². The SMILES string of the molecule is CCCCCCCC/C=C\CCCCCCCCNC(=O)CCCBr. The molecule has 0 unspecified atom stereocenters. The summed E-state index contributed by atoms with van der Waals surface area (Å²) in [5, 5.41) is 3.91. The standard InChI is InChI=1S/C22H42BrNO/c1-2-3-4-5-6-7-8-9-10-11-12-13-14-15-16-17-21-24-22(25)19-18-20-23/h9-10H,2-8,11-21H2,1H3,(H,24,25)/b10-9-. The zero-order valence-corrected chi connectivity index (χ0v) is 18.3. The lowest BCUT2D eigenvalue weighted by Crippen LogP contribution is -2.24. The van der Waals surface area contributed by atoms with Gasteiger partial charge in [-0.2, -0.15) is 0 Å². The van der Waals surface area contributed by atoms with Gasteiger partial charge < -0.3 is 5.32 Å². The van der Waals surface area contributed by atoms with Crippen molar-refractivity contribution in [3.8, 4) is 0 Å². The third kappa shape index (κ3) is 21.6. The van der Waals surface area contributed by atoms with Gasteiger partial charge in [0, 0.05) is 18.3 Å². The molecule has 0 aliphatic carbocycles. The van der Waals surface area contributed by atoms with Gasteiger partial charge in [-0.05, 0) is 38.5 Å². The number of nitrogens with one attached hydrogen (secondary N) is 1. The predicted molar refractivity (Wildman–Crippen MR) is 115 cm³/mol. The molecule has 0 aromatic rings. The van der Waals surface area contributed by atoms with Crippen LogP contribution in [0.2, 0.25) is 0 Å². The summed E-state index contributed by atoms with van der Waals surface area (Å²) in [7, 11) is 0. The molecule has 148 valence electrons. The molecule has 0 bridgehead atoms. The maximum Gasteiger partial charge on any atom is 0.220 e. The van der Waals surface area contributed by atoms with Gasteiger partial charge in [0.25, 0.3) is 0 Å². The predicted octanol–water partition coefficient (Wildman–Crippen LogP) is 7.32. The minimum absolute atomic E-state index is 0.201. The number of amides is 1. The lowest BCUT2D eigenvalue weighted by molar-refractivity contribution is -0.121. The van der Waals surface area contributed by atoms with E-state index in [-0.39, 0.29) is 5.91 Å². The molecule has 1 N–H and O–H groups in total. The van der Waals surface area contributed by atoms with Gasteiger partial charge >= 0.3 is 0 Å². The summed E-state index contributed by atoms with van der Waals surface area (Å²) in [6.45, 7) is 3.12. The van der Waals surface area contributed by atoms with Crippen LogP contribution in [0.25, 0.3) is 0 Å². The molecule has 0 rings (SSSR count). The number of unbranched alkanes of at least 4 members (excludes halogenated alkanes) is 12. The Kier molecular flexibility index (Phi) is 21.5. The molecule has 0 atom stereocenters. The van der Waals surface area contributed by atoms with Crippen LogP contribution in [0.3, 0.4) is 0 Å². The van der Waals surface area contributed by atoms with Gasteiger partial charge in [0.15, 0.2) is 0 Å². The molecule has 0 heterocycles. The number of rotatable bonds is 19. The highest BCUT2D eigenvalue weighted by molar-refractivity contribution is 9.09. The molecule has 1 amide bonds. The molecule has 0 radical (unpaired) electrons. The van der Waals surface area contributed by atoms with Crippen LogP contribution in [0.1, 0.15) is 110 Å². The van der Waals surface area contributed by atoms with E-state index in [1.54, 1.807) is 0 Å². The van der Waals surface area contributed by atoms with E-state index in [4.69, 9.17) is 0 Å². The summed E-state index contributed by atoms with van der Waals surface area (Å²) in [6, 6.07) is 0. The van der Waals surface area contributed by atoms with Crippen LogP contribution >= 0.6 is 15.9 Å². The van der Waals surface area contributed by atoms with Gasteiger partial charge in [-0.15, -0.1) is 0 Å². The van der Waals surface area contributed by atoms with Gasteiger partial charge in [-0.25, -0.2) is 0 Å². The minimum Gasteiger partial charge on any atom is -0.356 e. The van der Waals surface area contributed by atoms with E-state index in [1.807, 2.05) is 0 Å². The first kappa shape index (κ1) is 24.7. The van der Waals surface area contributed by atoms with Crippen molar-refractivity contribution in [3.63, 3.8) is 0 Å². The first-order chi connectivity index (χ1) is 12.3. The van der Waals surface area contributed by atoms with Crippen LogP contribution in [0.15, 0.2) is 12.2 Å². The molecule has 0 aliphatic heterocycles. The number of hydrogen-bond donors (Lipinski definition) is 1. The Morgan fingerprint density at radius 2 is 1.28 bits per heavy atom. The van der Waals surface area contributed by atoms with Gasteiger partial charge in [0.05, 0.1) is 0 Å². The van der Waals surface area contributed by atoms with Crippen molar-refractivity contribution in [3.05, 3.63) is 12.2 Å². The van der Waals surface area contributed by atoms with Crippen LogP contribution in [-0.4, -0.2) is 17.8 Å². The molecule has 0 saturated carbocycles. The van der Waals surface area contributed by atoms with Crippen molar-refractivity contribution < 1.29 is 4.79 Å². The van der Waals surface area contributed by atoms with Crippen LogP contribution in [0, 0.1) is 0 Å². The van der Waals surface area contributed by atoms with Crippen molar-refractivity contribution >= 4 is 21.8 Å². The van der Waals surface area contributed by atoms with E-state index in [0.29, 0.717) is 6.42 Å². The Bertz CT molecular complexity index is 304. The second-order valence-electron chi connectivity index (χ2n) is 7.08. The highest BCUT2D eigenvalue weighted by Gasteiger charge is 1.99. The molecule has 0 saturated heterocycles. The number of halogens is 1. The Balaban J connectivity index is 3.13. The zero-order valence-electron chi connectivity index (χ0n) is 16.7. The summed E-state index contributed by atoms with van der Waals surface area (Å²) in [6.07, 6.45) is 24.9. The Hall–Kier alpha value is -0.310. The second-order valence-corrected chi connectivity index (χ2v) is 7.87. The van der Waals surface area contributed by atoms with E-state index in [2.05, 4.69) is 40.3 Å². The number of alkyl halides is 1. The van der Waals surface area contributed by atoms with E-state index in [9.17, 15) is 4.79 Å². The summed E-state index contributed by atoms with van der Waals surface area (Å²) in [5.74, 6) is 0.201. The third-order valence-corrected chi connectivity index (χ3v) is 5.11. The summed E-state index contributed by atoms with van der Waals surface area (Å²) >= 11 is 3.35. The first-order valence-electron chi connectivity index (χ1n) is 10.8. The van der Waals surface area contributed by atoms with Crippen molar-refractivity contribution in [2.45, 2.75) is 110 Å². The monoisotopic (exact) mass is 415 g/mol.